The number of benzene rings is 1. The van der Waals surface area contributed by atoms with Gasteiger partial charge in [-0.25, -0.2) is 0 Å². The van der Waals surface area contributed by atoms with Crippen LogP contribution in [-0.4, -0.2) is 11.1 Å². The van der Waals surface area contributed by atoms with Crippen molar-refractivity contribution in [3.05, 3.63) is 29.3 Å². The van der Waals surface area contributed by atoms with Gasteiger partial charge >= 0.3 is 0 Å². The Balaban J connectivity index is 3.07. The van der Waals surface area contributed by atoms with Crippen molar-refractivity contribution in [3.8, 4) is 6.07 Å². The van der Waals surface area contributed by atoms with E-state index < -0.39 is 0 Å². The van der Waals surface area contributed by atoms with Gasteiger partial charge in [0.15, 0.2) is 5.78 Å². The molecule has 0 radical (unpaired) electrons. The highest BCUT2D eigenvalue weighted by Gasteiger charge is 2.09. The molecule has 0 aliphatic heterocycles. The molecule has 0 aromatic heterocycles. The maximum atomic E-state index is 11.5. The van der Waals surface area contributed by atoms with Crippen molar-refractivity contribution in [2.24, 2.45) is 0 Å². The van der Waals surface area contributed by atoms with Gasteiger partial charge in [-0.2, -0.15) is 5.26 Å². The van der Waals surface area contributed by atoms with Crippen LogP contribution in [0.15, 0.2) is 18.2 Å². The lowest BCUT2D eigenvalue weighted by Gasteiger charge is -2.03. The second kappa shape index (κ2) is 4.77. The SMILES string of the molecule is N#Cc1ccc(N)c(C(=O)CCBr)c1. The predicted molar refractivity (Wildman–Crippen MR) is 58.3 cm³/mol. The molecule has 1 rings (SSSR count). The van der Waals surface area contributed by atoms with Crippen LogP contribution in [0.2, 0.25) is 0 Å². The van der Waals surface area contributed by atoms with Gasteiger partial charge in [-0.15, -0.1) is 0 Å². The normalized spacial score (nSPS) is 9.43. The minimum atomic E-state index is -0.0449. The number of Topliss-reactive ketones (excluding diaryl/α,β-unsaturated/α-hetero) is 1. The Morgan fingerprint density at radius 1 is 1.57 bits per heavy atom. The summed E-state index contributed by atoms with van der Waals surface area (Å²) in [6.45, 7) is 0. The van der Waals surface area contributed by atoms with Gasteiger partial charge in [-0.05, 0) is 18.2 Å². The van der Waals surface area contributed by atoms with E-state index >= 15 is 0 Å². The van der Waals surface area contributed by atoms with Gasteiger partial charge in [0.05, 0.1) is 11.6 Å². The molecule has 3 nitrogen and oxygen atoms in total. The van der Waals surface area contributed by atoms with E-state index in [0.717, 1.165) is 0 Å². The smallest absolute Gasteiger partial charge is 0.165 e. The fourth-order valence-electron chi connectivity index (χ4n) is 1.09. The summed E-state index contributed by atoms with van der Waals surface area (Å²) in [7, 11) is 0. The molecule has 0 bridgehead atoms. The summed E-state index contributed by atoms with van der Waals surface area (Å²) < 4.78 is 0. The van der Waals surface area contributed by atoms with Crippen LogP contribution in [0.1, 0.15) is 22.3 Å². The first kappa shape index (κ1) is 10.7. The monoisotopic (exact) mass is 252 g/mol. The maximum Gasteiger partial charge on any atom is 0.165 e. The minimum Gasteiger partial charge on any atom is -0.398 e. The topological polar surface area (TPSA) is 66.9 Å². The Morgan fingerprint density at radius 2 is 2.29 bits per heavy atom. The highest BCUT2D eigenvalue weighted by atomic mass is 79.9. The first-order valence-electron chi connectivity index (χ1n) is 4.08. The first-order chi connectivity index (χ1) is 6.69. The van der Waals surface area contributed by atoms with Crippen LogP contribution in [0.3, 0.4) is 0 Å². The van der Waals surface area contributed by atoms with Gasteiger partial charge in [-0.3, -0.25) is 4.79 Å². The molecule has 0 saturated carbocycles. The number of nitrogens with zero attached hydrogens (tertiary/aromatic N) is 1. The average Bonchev–Trinajstić information content (AvgIpc) is 2.19. The van der Waals surface area contributed by atoms with Gasteiger partial charge in [-0.1, -0.05) is 15.9 Å². The number of carbonyl (C=O) groups is 1. The molecular formula is C10H9BrN2O. The number of hydrogen-bond donors (Lipinski definition) is 1. The number of ketones is 1. The molecule has 14 heavy (non-hydrogen) atoms. The summed E-state index contributed by atoms with van der Waals surface area (Å²) in [6.07, 6.45) is 0.388. The zero-order valence-electron chi connectivity index (χ0n) is 7.46. The summed E-state index contributed by atoms with van der Waals surface area (Å²) in [5, 5.41) is 9.25. The Morgan fingerprint density at radius 3 is 2.86 bits per heavy atom. The lowest BCUT2D eigenvalue weighted by atomic mass is 10.0. The minimum absolute atomic E-state index is 0.0449. The summed E-state index contributed by atoms with van der Waals surface area (Å²) in [5.41, 5.74) is 6.95. The van der Waals surface area contributed by atoms with Crippen LogP contribution in [0.4, 0.5) is 5.69 Å². The van der Waals surface area contributed by atoms with Crippen molar-refractivity contribution in [2.75, 3.05) is 11.1 Å². The third kappa shape index (κ3) is 2.33. The molecule has 0 amide bonds. The largest absolute Gasteiger partial charge is 0.398 e. The molecule has 1 aromatic carbocycles. The molecule has 0 saturated heterocycles. The molecule has 0 aliphatic rings. The van der Waals surface area contributed by atoms with Gasteiger partial charge in [0, 0.05) is 23.0 Å². The average molecular weight is 253 g/mol. The van der Waals surface area contributed by atoms with Gasteiger partial charge < -0.3 is 5.73 Å². The van der Waals surface area contributed by atoms with Crippen LogP contribution in [0.25, 0.3) is 0 Å². The molecule has 4 heteroatoms. The Hall–Kier alpha value is -1.34. The maximum absolute atomic E-state index is 11.5. The van der Waals surface area contributed by atoms with E-state index in [9.17, 15) is 4.79 Å². The van der Waals surface area contributed by atoms with Crippen molar-refractivity contribution in [3.63, 3.8) is 0 Å². The number of rotatable bonds is 3. The summed E-state index contributed by atoms with van der Waals surface area (Å²) in [5.74, 6) is -0.0449. The van der Waals surface area contributed by atoms with Crippen molar-refractivity contribution in [1.29, 1.82) is 5.26 Å². The quantitative estimate of drug-likeness (QED) is 0.509. The number of carbonyl (C=O) groups excluding carboxylic acids is 1. The molecule has 0 fully saturated rings. The fraction of sp³-hybridized carbons (Fsp3) is 0.200. The first-order valence-corrected chi connectivity index (χ1v) is 5.20. The Kier molecular flexibility index (Phi) is 3.66. The van der Waals surface area contributed by atoms with Crippen molar-refractivity contribution in [1.82, 2.24) is 0 Å². The van der Waals surface area contributed by atoms with Crippen LogP contribution < -0.4 is 5.73 Å². The number of anilines is 1. The molecule has 0 heterocycles. The number of alkyl halides is 1. The molecule has 72 valence electrons. The highest BCUT2D eigenvalue weighted by Crippen LogP contribution is 2.16. The third-order valence-corrected chi connectivity index (χ3v) is 2.20. The van der Waals surface area contributed by atoms with E-state index in [-0.39, 0.29) is 5.78 Å². The fourth-order valence-corrected chi connectivity index (χ4v) is 1.45. The highest BCUT2D eigenvalue weighted by molar-refractivity contribution is 9.09. The lowest BCUT2D eigenvalue weighted by molar-refractivity contribution is 0.0990. The molecule has 0 aliphatic carbocycles. The van der Waals surface area contributed by atoms with Crippen LogP contribution >= 0.6 is 15.9 Å². The number of nitriles is 1. The predicted octanol–water partition coefficient (Wildman–Crippen LogP) is 2.11. The standard InChI is InChI=1S/C10H9BrN2O/c11-4-3-10(14)8-5-7(6-12)1-2-9(8)13/h1-2,5H,3-4,13H2. The van der Waals surface area contributed by atoms with Gasteiger partial charge in [0.1, 0.15) is 0 Å². The zero-order chi connectivity index (χ0) is 10.6. The summed E-state index contributed by atoms with van der Waals surface area (Å²) >= 11 is 3.18. The third-order valence-electron chi connectivity index (χ3n) is 1.80. The Bertz CT molecular complexity index is 396. The zero-order valence-corrected chi connectivity index (χ0v) is 9.04. The van der Waals surface area contributed by atoms with Crippen LogP contribution in [0.5, 0.6) is 0 Å². The lowest BCUT2D eigenvalue weighted by Crippen LogP contribution is -2.04. The van der Waals surface area contributed by atoms with Crippen LogP contribution in [0, 0.1) is 11.3 Å². The number of halogens is 1. The van der Waals surface area contributed by atoms with E-state index in [1.807, 2.05) is 6.07 Å². The summed E-state index contributed by atoms with van der Waals surface area (Å²) in [4.78, 5) is 11.5. The second-order valence-electron chi connectivity index (χ2n) is 2.78. The molecule has 0 unspecified atom stereocenters. The number of nitrogen functional groups attached to an aromatic ring is 1. The van der Waals surface area contributed by atoms with Crippen molar-refractivity contribution >= 4 is 27.4 Å². The van der Waals surface area contributed by atoms with E-state index in [4.69, 9.17) is 11.0 Å². The molecule has 0 atom stereocenters. The molecule has 1 aromatic rings. The second-order valence-corrected chi connectivity index (χ2v) is 3.57. The summed E-state index contributed by atoms with van der Waals surface area (Å²) in [6, 6.07) is 6.68. The molecule has 0 spiro atoms. The molecule has 2 N–H and O–H groups in total. The number of nitrogens with two attached hydrogens (primary N) is 1. The van der Waals surface area contributed by atoms with E-state index in [1.165, 1.54) is 6.07 Å². The van der Waals surface area contributed by atoms with E-state index in [1.54, 1.807) is 12.1 Å². The van der Waals surface area contributed by atoms with Crippen molar-refractivity contribution < 1.29 is 4.79 Å². The van der Waals surface area contributed by atoms with Gasteiger partial charge in [0.25, 0.3) is 0 Å². The van der Waals surface area contributed by atoms with Crippen molar-refractivity contribution in [2.45, 2.75) is 6.42 Å². The van der Waals surface area contributed by atoms with Gasteiger partial charge in [0.2, 0.25) is 0 Å². The number of hydrogen-bond acceptors (Lipinski definition) is 3. The van der Waals surface area contributed by atoms with E-state index in [0.29, 0.717) is 28.6 Å². The van der Waals surface area contributed by atoms with Crippen LogP contribution in [-0.2, 0) is 0 Å². The van der Waals surface area contributed by atoms with E-state index in [2.05, 4.69) is 15.9 Å². The molecular weight excluding hydrogens is 244 g/mol. The Labute approximate surface area is 90.7 Å².